The number of benzene rings is 1. The summed E-state index contributed by atoms with van der Waals surface area (Å²) in [6, 6.07) is 9.90. The summed E-state index contributed by atoms with van der Waals surface area (Å²) in [7, 11) is 1.90. The van der Waals surface area contributed by atoms with Gasteiger partial charge in [-0.05, 0) is 44.2 Å². The Morgan fingerprint density at radius 1 is 1.40 bits per heavy atom. The number of pyridine rings is 1. The SMILES string of the molecule is CNC1(CO)CCC(Oc2cccc3ncccc23)C1. The van der Waals surface area contributed by atoms with Gasteiger partial charge in [0.25, 0.3) is 0 Å². The molecule has 2 atom stereocenters. The van der Waals surface area contributed by atoms with Crippen LogP contribution in [-0.4, -0.2) is 35.4 Å². The van der Waals surface area contributed by atoms with Crippen molar-refractivity contribution in [1.82, 2.24) is 10.3 Å². The number of hydrogen-bond donors (Lipinski definition) is 2. The van der Waals surface area contributed by atoms with Gasteiger partial charge in [0, 0.05) is 23.5 Å². The molecule has 2 aromatic rings. The Balaban J connectivity index is 1.81. The van der Waals surface area contributed by atoms with E-state index in [9.17, 15) is 5.11 Å². The number of ether oxygens (including phenoxy) is 1. The van der Waals surface area contributed by atoms with E-state index in [-0.39, 0.29) is 18.2 Å². The highest BCUT2D eigenvalue weighted by molar-refractivity contribution is 5.84. The third-order valence-corrected chi connectivity index (χ3v) is 4.30. The van der Waals surface area contributed by atoms with Crippen molar-refractivity contribution >= 4 is 10.9 Å². The fourth-order valence-electron chi connectivity index (χ4n) is 2.98. The van der Waals surface area contributed by atoms with Crippen LogP contribution in [0.25, 0.3) is 10.9 Å². The third kappa shape index (κ3) is 2.37. The van der Waals surface area contributed by atoms with Crippen molar-refractivity contribution in [3.8, 4) is 5.75 Å². The average molecular weight is 272 g/mol. The van der Waals surface area contributed by atoms with Crippen molar-refractivity contribution in [2.75, 3.05) is 13.7 Å². The van der Waals surface area contributed by atoms with Crippen molar-refractivity contribution in [3.05, 3.63) is 36.5 Å². The van der Waals surface area contributed by atoms with E-state index in [0.29, 0.717) is 0 Å². The standard InChI is InChI=1S/C16H20N2O2/c1-17-16(11-19)8-7-12(10-16)20-15-6-2-5-14-13(15)4-3-9-18-14/h2-6,9,12,17,19H,7-8,10-11H2,1H3. The Kier molecular flexibility index (Phi) is 3.59. The van der Waals surface area contributed by atoms with E-state index in [0.717, 1.165) is 35.9 Å². The number of aliphatic hydroxyl groups excluding tert-OH is 1. The van der Waals surface area contributed by atoms with Crippen LogP contribution in [0.15, 0.2) is 36.5 Å². The summed E-state index contributed by atoms with van der Waals surface area (Å²) < 4.78 is 6.16. The summed E-state index contributed by atoms with van der Waals surface area (Å²) in [6.07, 6.45) is 4.65. The molecule has 2 unspecified atom stereocenters. The number of rotatable bonds is 4. The van der Waals surface area contributed by atoms with Gasteiger partial charge in [0.2, 0.25) is 0 Å². The molecule has 1 aliphatic rings. The number of nitrogens with one attached hydrogen (secondary N) is 1. The lowest BCUT2D eigenvalue weighted by Crippen LogP contribution is -2.44. The smallest absolute Gasteiger partial charge is 0.129 e. The molecule has 1 aliphatic carbocycles. The molecule has 0 spiro atoms. The van der Waals surface area contributed by atoms with Crippen LogP contribution in [-0.2, 0) is 0 Å². The Bertz CT molecular complexity index is 591. The van der Waals surface area contributed by atoms with E-state index in [1.165, 1.54) is 0 Å². The molecule has 0 saturated heterocycles. The molecule has 1 fully saturated rings. The summed E-state index contributed by atoms with van der Waals surface area (Å²) in [6.45, 7) is 0.153. The van der Waals surface area contributed by atoms with Gasteiger partial charge in [-0.3, -0.25) is 4.98 Å². The number of fused-ring (bicyclic) bond motifs is 1. The van der Waals surface area contributed by atoms with E-state index < -0.39 is 0 Å². The quantitative estimate of drug-likeness (QED) is 0.895. The Morgan fingerprint density at radius 2 is 2.30 bits per heavy atom. The third-order valence-electron chi connectivity index (χ3n) is 4.30. The second kappa shape index (κ2) is 5.38. The van der Waals surface area contributed by atoms with Gasteiger partial charge in [-0.15, -0.1) is 0 Å². The molecule has 0 radical (unpaired) electrons. The highest BCUT2D eigenvalue weighted by Crippen LogP contribution is 2.34. The normalized spacial score (nSPS) is 26.0. The van der Waals surface area contributed by atoms with Crippen molar-refractivity contribution in [3.63, 3.8) is 0 Å². The van der Waals surface area contributed by atoms with Crippen LogP contribution in [0.1, 0.15) is 19.3 Å². The predicted molar refractivity (Wildman–Crippen MR) is 78.9 cm³/mol. The first-order chi connectivity index (χ1) is 9.76. The first-order valence-corrected chi connectivity index (χ1v) is 7.06. The zero-order valence-electron chi connectivity index (χ0n) is 11.7. The zero-order chi connectivity index (χ0) is 14.0. The van der Waals surface area contributed by atoms with Crippen molar-refractivity contribution < 1.29 is 9.84 Å². The topological polar surface area (TPSA) is 54.4 Å². The van der Waals surface area contributed by atoms with Crippen LogP contribution in [0.3, 0.4) is 0 Å². The molecule has 20 heavy (non-hydrogen) atoms. The second-order valence-corrected chi connectivity index (χ2v) is 5.50. The molecule has 4 nitrogen and oxygen atoms in total. The van der Waals surface area contributed by atoms with Gasteiger partial charge >= 0.3 is 0 Å². The Morgan fingerprint density at radius 3 is 3.05 bits per heavy atom. The molecular weight excluding hydrogens is 252 g/mol. The minimum absolute atomic E-state index is 0.139. The lowest BCUT2D eigenvalue weighted by Gasteiger charge is -2.26. The van der Waals surface area contributed by atoms with Crippen LogP contribution in [0.2, 0.25) is 0 Å². The summed E-state index contributed by atoms with van der Waals surface area (Å²) >= 11 is 0. The van der Waals surface area contributed by atoms with E-state index >= 15 is 0 Å². The first kappa shape index (κ1) is 13.3. The summed E-state index contributed by atoms with van der Waals surface area (Å²) in [5.41, 5.74) is 0.762. The van der Waals surface area contributed by atoms with Crippen LogP contribution in [0.4, 0.5) is 0 Å². The minimum Gasteiger partial charge on any atom is -0.490 e. The van der Waals surface area contributed by atoms with Crippen molar-refractivity contribution in [1.29, 1.82) is 0 Å². The molecule has 1 aromatic carbocycles. The minimum atomic E-state index is -0.187. The number of hydrogen-bond acceptors (Lipinski definition) is 4. The molecule has 0 aliphatic heterocycles. The average Bonchev–Trinajstić information content (AvgIpc) is 2.92. The fourth-order valence-corrected chi connectivity index (χ4v) is 2.98. The highest BCUT2D eigenvalue weighted by atomic mass is 16.5. The molecular formula is C16H20N2O2. The highest BCUT2D eigenvalue weighted by Gasteiger charge is 2.38. The maximum atomic E-state index is 9.54. The summed E-state index contributed by atoms with van der Waals surface area (Å²) in [5.74, 6) is 0.880. The maximum absolute atomic E-state index is 9.54. The van der Waals surface area contributed by atoms with Crippen molar-refractivity contribution in [2.24, 2.45) is 0 Å². The number of aliphatic hydroxyl groups is 1. The molecule has 4 heteroatoms. The zero-order valence-corrected chi connectivity index (χ0v) is 11.7. The largest absolute Gasteiger partial charge is 0.490 e. The molecule has 106 valence electrons. The van der Waals surface area contributed by atoms with Gasteiger partial charge < -0.3 is 15.2 Å². The van der Waals surface area contributed by atoms with Gasteiger partial charge in [0.1, 0.15) is 11.9 Å². The molecule has 2 N–H and O–H groups in total. The number of aromatic nitrogens is 1. The van der Waals surface area contributed by atoms with Crippen LogP contribution in [0.5, 0.6) is 5.75 Å². The van der Waals surface area contributed by atoms with Crippen LogP contribution >= 0.6 is 0 Å². The molecule has 3 rings (SSSR count). The van der Waals surface area contributed by atoms with E-state index in [1.54, 1.807) is 6.20 Å². The fraction of sp³-hybridized carbons (Fsp3) is 0.438. The van der Waals surface area contributed by atoms with Crippen LogP contribution < -0.4 is 10.1 Å². The van der Waals surface area contributed by atoms with Gasteiger partial charge in [0.05, 0.1) is 12.1 Å². The van der Waals surface area contributed by atoms with Crippen LogP contribution in [0, 0.1) is 0 Å². The monoisotopic (exact) mass is 272 g/mol. The van der Waals surface area contributed by atoms with Crippen molar-refractivity contribution in [2.45, 2.75) is 30.9 Å². The lowest BCUT2D eigenvalue weighted by atomic mass is 9.99. The second-order valence-electron chi connectivity index (χ2n) is 5.50. The molecule has 0 amide bonds. The van der Waals surface area contributed by atoms with Gasteiger partial charge in [-0.1, -0.05) is 6.07 Å². The predicted octanol–water partition coefficient (Wildman–Crippen LogP) is 2.12. The molecule has 0 bridgehead atoms. The van der Waals surface area contributed by atoms with Gasteiger partial charge in [-0.25, -0.2) is 0 Å². The summed E-state index contributed by atoms with van der Waals surface area (Å²) in [4.78, 5) is 4.35. The Hall–Kier alpha value is -1.65. The number of likely N-dealkylation sites (N-methyl/N-ethyl adjacent to an activating group) is 1. The van der Waals surface area contributed by atoms with Gasteiger partial charge in [-0.2, -0.15) is 0 Å². The molecule has 1 aromatic heterocycles. The van der Waals surface area contributed by atoms with E-state index in [1.807, 2.05) is 37.4 Å². The van der Waals surface area contributed by atoms with E-state index in [4.69, 9.17) is 4.74 Å². The van der Waals surface area contributed by atoms with E-state index in [2.05, 4.69) is 10.3 Å². The lowest BCUT2D eigenvalue weighted by molar-refractivity contribution is 0.147. The molecule has 1 heterocycles. The number of nitrogens with zero attached hydrogens (tertiary/aromatic N) is 1. The Labute approximate surface area is 118 Å². The van der Waals surface area contributed by atoms with Gasteiger partial charge in [0.15, 0.2) is 0 Å². The maximum Gasteiger partial charge on any atom is 0.129 e. The summed E-state index contributed by atoms with van der Waals surface area (Å²) in [5, 5.41) is 13.8. The first-order valence-electron chi connectivity index (χ1n) is 7.06. The molecule has 1 saturated carbocycles.